The molecule has 0 unspecified atom stereocenters. The van der Waals surface area contributed by atoms with Gasteiger partial charge in [0.05, 0.1) is 18.8 Å². The lowest BCUT2D eigenvalue weighted by Gasteiger charge is -2.51. The Labute approximate surface area is 164 Å². The Morgan fingerprint density at radius 2 is 1.96 bits per heavy atom. The summed E-state index contributed by atoms with van der Waals surface area (Å²) in [5.41, 5.74) is 7.17. The van der Waals surface area contributed by atoms with Crippen LogP contribution in [0.1, 0.15) is 52.9 Å². The Kier molecular flexibility index (Phi) is 8.48. The number of hydrogen-bond acceptors (Lipinski definition) is 3. The second-order valence-electron chi connectivity index (χ2n) is 7.83. The predicted molar refractivity (Wildman–Crippen MR) is 112 cm³/mol. The topological polar surface area (TPSA) is 62.9 Å². The molecule has 2 aliphatic rings. The van der Waals surface area contributed by atoms with Crippen molar-refractivity contribution in [3.8, 4) is 0 Å². The molecule has 0 bridgehead atoms. The van der Waals surface area contributed by atoms with Gasteiger partial charge in [0.2, 0.25) is 0 Å². The highest BCUT2D eigenvalue weighted by Crippen LogP contribution is 2.36. The maximum Gasteiger partial charge on any atom is 0.188 e. The summed E-state index contributed by atoms with van der Waals surface area (Å²) in [5.74, 6) is 0.533. The molecule has 140 valence electrons. The fourth-order valence-corrected chi connectivity index (χ4v) is 3.74. The van der Waals surface area contributed by atoms with Gasteiger partial charge in [-0.2, -0.15) is 0 Å². The summed E-state index contributed by atoms with van der Waals surface area (Å²) in [4.78, 5) is 7.29. The molecule has 6 heteroatoms. The fourth-order valence-electron chi connectivity index (χ4n) is 3.74. The van der Waals surface area contributed by atoms with Crippen LogP contribution in [0.5, 0.6) is 0 Å². The first-order valence-corrected chi connectivity index (χ1v) is 8.90. The zero-order chi connectivity index (χ0) is 16.9. The summed E-state index contributed by atoms with van der Waals surface area (Å²) in [5, 5.41) is 3.14. The molecule has 5 nitrogen and oxygen atoms in total. The van der Waals surface area contributed by atoms with Crippen LogP contribution < -0.4 is 11.1 Å². The number of nitrogens with zero attached hydrogens (tertiary/aromatic N) is 2. The van der Waals surface area contributed by atoms with Gasteiger partial charge in [0.25, 0.3) is 0 Å². The van der Waals surface area contributed by atoms with Crippen molar-refractivity contribution in [2.45, 2.75) is 64.0 Å². The van der Waals surface area contributed by atoms with Crippen LogP contribution in [0.2, 0.25) is 0 Å². The Balaban J connectivity index is 0.00000288. The molecular weight excluding hydrogens is 415 g/mol. The van der Waals surface area contributed by atoms with E-state index in [1.807, 2.05) is 6.92 Å². The first kappa shape index (κ1) is 21.7. The quantitative estimate of drug-likeness (QED) is 0.293. The van der Waals surface area contributed by atoms with Gasteiger partial charge in [0.15, 0.2) is 5.96 Å². The first-order chi connectivity index (χ1) is 10.8. The number of rotatable bonds is 5. The van der Waals surface area contributed by atoms with Crippen molar-refractivity contribution >= 4 is 29.9 Å². The van der Waals surface area contributed by atoms with E-state index in [1.54, 1.807) is 0 Å². The highest BCUT2D eigenvalue weighted by Gasteiger charge is 2.42. The summed E-state index contributed by atoms with van der Waals surface area (Å²) >= 11 is 0. The number of guanidine groups is 1. The highest BCUT2D eigenvalue weighted by molar-refractivity contribution is 14.0. The van der Waals surface area contributed by atoms with Crippen LogP contribution in [0.25, 0.3) is 0 Å². The number of hydrogen-bond donors (Lipinski definition) is 2. The summed E-state index contributed by atoms with van der Waals surface area (Å²) in [6.45, 7) is 14.5. The number of ether oxygens (including phenoxy) is 1. The van der Waals surface area contributed by atoms with E-state index in [4.69, 9.17) is 10.5 Å². The summed E-state index contributed by atoms with van der Waals surface area (Å²) < 4.78 is 5.90. The minimum absolute atomic E-state index is 0. The van der Waals surface area contributed by atoms with Crippen molar-refractivity contribution in [1.29, 1.82) is 0 Å². The van der Waals surface area contributed by atoms with Crippen molar-refractivity contribution in [3.05, 3.63) is 12.2 Å². The number of morpholine rings is 1. The molecule has 2 fully saturated rings. The highest BCUT2D eigenvalue weighted by atomic mass is 127. The van der Waals surface area contributed by atoms with Gasteiger partial charge in [-0.1, -0.05) is 31.4 Å². The fraction of sp³-hybridized carbons (Fsp3) is 0.833. The second kappa shape index (κ2) is 9.38. The number of nitrogens with two attached hydrogens (primary N) is 1. The van der Waals surface area contributed by atoms with E-state index in [0.29, 0.717) is 12.5 Å². The van der Waals surface area contributed by atoms with Crippen LogP contribution in [0.4, 0.5) is 0 Å². The van der Waals surface area contributed by atoms with Gasteiger partial charge in [-0.15, -0.1) is 24.0 Å². The lowest BCUT2D eigenvalue weighted by molar-refractivity contribution is -0.121. The first-order valence-electron chi connectivity index (χ1n) is 8.90. The van der Waals surface area contributed by atoms with E-state index >= 15 is 0 Å². The number of aliphatic imine (C=N–C) groups is 1. The predicted octanol–water partition coefficient (Wildman–Crippen LogP) is 2.90. The van der Waals surface area contributed by atoms with Crippen molar-refractivity contribution < 1.29 is 4.74 Å². The van der Waals surface area contributed by atoms with Gasteiger partial charge < -0.3 is 15.8 Å². The Bertz CT molecular complexity index is 444. The minimum Gasteiger partial charge on any atom is -0.373 e. The minimum atomic E-state index is -0.0733. The van der Waals surface area contributed by atoms with E-state index in [-0.39, 0.29) is 35.1 Å². The van der Waals surface area contributed by atoms with Gasteiger partial charge in [-0.3, -0.25) is 9.89 Å². The molecule has 24 heavy (non-hydrogen) atoms. The molecule has 1 saturated heterocycles. The normalized spacial score (nSPS) is 24.0. The molecule has 0 spiro atoms. The molecule has 0 aromatic rings. The third-order valence-electron chi connectivity index (χ3n) is 5.00. The second-order valence-corrected chi connectivity index (χ2v) is 7.83. The lowest BCUT2D eigenvalue weighted by atomic mass is 9.79. The van der Waals surface area contributed by atoms with E-state index in [1.165, 1.54) is 32.1 Å². The maximum absolute atomic E-state index is 6.04. The molecule has 2 rings (SSSR count). The third-order valence-corrected chi connectivity index (χ3v) is 5.00. The summed E-state index contributed by atoms with van der Waals surface area (Å²) in [6, 6.07) is 0. The summed E-state index contributed by atoms with van der Waals surface area (Å²) in [6.07, 6.45) is 6.32. The van der Waals surface area contributed by atoms with E-state index in [0.717, 1.165) is 31.8 Å². The Hall–Kier alpha value is -0.340. The van der Waals surface area contributed by atoms with Crippen LogP contribution in [0, 0.1) is 0 Å². The van der Waals surface area contributed by atoms with Gasteiger partial charge in [0.1, 0.15) is 0 Å². The van der Waals surface area contributed by atoms with E-state index < -0.39 is 0 Å². The zero-order valence-electron chi connectivity index (χ0n) is 15.6. The third kappa shape index (κ3) is 6.19. The SMILES string of the molecule is C=C(C)CNC(N)=NCC1(N2CCOC(C)(C)C2)CCCCC1.I. The van der Waals surface area contributed by atoms with Crippen molar-refractivity contribution in [1.82, 2.24) is 10.2 Å². The van der Waals surface area contributed by atoms with Gasteiger partial charge in [0, 0.05) is 25.2 Å². The van der Waals surface area contributed by atoms with Crippen molar-refractivity contribution in [3.63, 3.8) is 0 Å². The maximum atomic E-state index is 6.04. The van der Waals surface area contributed by atoms with Crippen LogP contribution in [-0.4, -0.2) is 54.8 Å². The molecule has 0 atom stereocenters. The molecule has 1 aliphatic carbocycles. The van der Waals surface area contributed by atoms with Crippen LogP contribution in [-0.2, 0) is 4.74 Å². The van der Waals surface area contributed by atoms with E-state index in [2.05, 4.69) is 35.6 Å². The largest absolute Gasteiger partial charge is 0.373 e. The Morgan fingerprint density at radius 3 is 2.54 bits per heavy atom. The van der Waals surface area contributed by atoms with Crippen LogP contribution in [0.3, 0.4) is 0 Å². The number of nitrogens with one attached hydrogen (secondary N) is 1. The summed E-state index contributed by atoms with van der Waals surface area (Å²) in [7, 11) is 0. The smallest absolute Gasteiger partial charge is 0.188 e. The van der Waals surface area contributed by atoms with Crippen molar-refractivity contribution in [2.75, 3.05) is 32.8 Å². The average molecular weight is 450 g/mol. The monoisotopic (exact) mass is 450 g/mol. The van der Waals surface area contributed by atoms with Crippen molar-refractivity contribution in [2.24, 2.45) is 10.7 Å². The lowest BCUT2D eigenvalue weighted by Crippen LogP contribution is -2.60. The standard InChI is InChI=1S/C18H34N4O.HI/c1-15(2)12-20-16(19)21-13-18(8-6-5-7-9-18)22-10-11-23-17(3,4)14-22;/h1,5-14H2,2-4H3,(H3,19,20,21);1H. The molecule has 1 aliphatic heterocycles. The molecule has 0 aromatic heterocycles. The Morgan fingerprint density at radius 1 is 1.29 bits per heavy atom. The molecule has 0 amide bonds. The van der Waals surface area contributed by atoms with E-state index in [9.17, 15) is 0 Å². The van der Waals surface area contributed by atoms with Crippen LogP contribution in [0.15, 0.2) is 17.1 Å². The zero-order valence-corrected chi connectivity index (χ0v) is 17.9. The van der Waals surface area contributed by atoms with Gasteiger partial charge in [-0.05, 0) is 33.6 Å². The molecule has 0 radical (unpaired) electrons. The van der Waals surface area contributed by atoms with Crippen LogP contribution >= 0.6 is 24.0 Å². The molecule has 1 heterocycles. The molecular formula is C18H35IN4O. The number of halogens is 1. The molecule has 3 N–H and O–H groups in total. The van der Waals surface area contributed by atoms with Gasteiger partial charge >= 0.3 is 0 Å². The van der Waals surface area contributed by atoms with Gasteiger partial charge in [-0.25, -0.2) is 0 Å². The molecule has 0 aromatic carbocycles. The molecule has 1 saturated carbocycles. The average Bonchev–Trinajstić information content (AvgIpc) is 2.51.